The van der Waals surface area contributed by atoms with Crippen LogP contribution in [0.25, 0.3) is 11.3 Å². The number of likely N-dealkylation sites (tertiary alicyclic amines) is 1. The Morgan fingerprint density at radius 1 is 1.28 bits per heavy atom. The summed E-state index contributed by atoms with van der Waals surface area (Å²) >= 11 is 0. The predicted molar refractivity (Wildman–Crippen MR) is 97.4 cm³/mol. The summed E-state index contributed by atoms with van der Waals surface area (Å²) in [4.78, 5) is 25.0. The summed E-state index contributed by atoms with van der Waals surface area (Å²) in [6, 6.07) is 9.01. The van der Waals surface area contributed by atoms with Gasteiger partial charge in [-0.3, -0.25) is 4.79 Å². The zero-order valence-electron chi connectivity index (χ0n) is 14.5. The van der Waals surface area contributed by atoms with Crippen LogP contribution in [0, 0.1) is 0 Å². The van der Waals surface area contributed by atoms with Crippen LogP contribution in [0.15, 0.2) is 30.3 Å². The van der Waals surface area contributed by atoms with E-state index < -0.39 is 6.10 Å². The summed E-state index contributed by atoms with van der Waals surface area (Å²) in [5.41, 5.74) is 8.03. The Morgan fingerprint density at radius 3 is 2.64 bits per heavy atom. The third-order valence-corrected chi connectivity index (χ3v) is 4.34. The monoisotopic (exact) mass is 341 g/mol. The maximum atomic E-state index is 12.4. The zero-order chi connectivity index (χ0) is 18.0. The number of aliphatic hydroxyl groups is 1. The van der Waals surface area contributed by atoms with Crippen molar-refractivity contribution in [3.05, 3.63) is 35.9 Å². The van der Waals surface area contributed by atoms with Crippen molar-refractivity contribution in [3.63, 3.8) is 0 Å². The smallest absolute Gasteiger partial charge is 0.254 e. The molecule has 1 aliphatic rings. The van der Waals surface area contributed by atoms with Crippen molar-refractivity contribution >= 4 is 17.7 Å². The van der Waals surface area contributed by atoms with Gasteiger partial charge in [0.15, 0.2) is 0 Å². The van der Waals surface area contributed by atoms with Gasteiger partial charge in [0.05, 0.1) is 11.8 Å². The SMILES string of the molecule is CCN(CC)c1nc(N)cc(-c2cccc(C(=O)N3CC(O)C3)c2)n1. The molecule has 7 heteroatoms. The minimum Gasteiger partial charge on any atom is -0.389 e. The largest absolute Gasteiger partial charge is 0.389 e. The molecular weight excluding hydrogens is 318 g/mol. The van der Waals surface area contributed by atoms with E-state index in [-0.39, 0.29) is 5.91 Å². The number of carbonyl (C=O) groups is 1. The number of amides is 1. The lowest BCUT2D eigenvalue weighted by Crippen LogP contribution is -2.53. The first kappa shape index (κ1) is 17.2. The molecule has 0 unspecified atom stereocenters. The number of anilines is 2. The number of β-amino-alcohol motifs (C(OH)–C–C–N with tert-alkyl or cyclic N) is 1. The Bertz CT molecular complexity index is 770. The summed E-state index contributed by atoms with van der Waals surface area (Å²) in [5.74, 6) is 0.898. The van der Waals surface area contributed by atoms with Crippen LogP contribution in [0.5, 0.6) is 0 Å². The van der Waals surface area contributed by atoms with E-state index in [4.69, 9.17) is 5.73 Å². The van der Waals surface area contributed by atoms with Crippen LogP contribution in [0.3, 0.4) is 0 Å². The summed E-state index contributed by atoms with van der Waals surface area (Å²) in [6.07, 6.45) is -0.412. The Balaban J connectivity index is 1.91. The number of rotatable bonds is 5. The van der Waals surface area contributed by atoms with Gasteiger partial charge in [-0.15, -0.1) is 0 Å². The number of aliphatic hydroxyl groups excluding tert-OH is 1. The van der Waals surface area contributed by atoms with Crippen LogP contribution in [-0.2, 0) is 0 Å². The highest BCUT2D eigenvalue weighted by Crippen LogP contribution is 2.24. The molecule has 2 aromatic rings. The van der Waals surface area contributed by atoms with Gasteiger partial charge >= 0.3 is 0 Å². The average Bonchev–Trinajstić information content (AvgIpc) is 2.59. The van der Waals surface area contributed by atoms with E-state index in [0.29, 0.717) is 36.1 Å². The van der Waals surface area contributed by atoms with Crippen molar-refractivity contribution in [2.45, 2.75) is 20.0 Å². The van der Waals surface area contributed by atoms with E-state index in [0.717, 1.165) is 18.7 Å². The summed E-state index contributed by atoms with van der Waals surface area (Å²) < 4.78 is 0. The molecule has 1 aromatic heterocycles. The van der Waals surface area contributed by atoms with Gasteiger partial charge in [-0.1, -0.05) is 12.1 Å². The van der Waals surface area contributed by atoms with Crippen molar-refractivity contribution in [3.8, 4) is 11.3 Å². The van der Waals surface area contributed by atoms with Crippen molar-refractivity contribution < 1.29 is 9.90 Å². The molecule has 0 radical (unpaired) electrons. The van der Waals surface area contributed by atoms with Crippen LogP contribution in [0.4, 0.5) is 11.8 Å². The molecule has 1 aromatic carbocycles. The first-order valence-corrected chi connectivity index (χ1v) is 8.49. The van der Waals surface area contributed by atoms with Crippen LogP contribution in [-0.4, -0.2) is 58.2 Å². The molecule has 1 fully saturated rings. The minimum atomic E-state index is -0.412. The molecule has 1 saturated heterocycles. The van der Waals surface area contributed by atoms with Gasteiger partial charge in [0, 0.05) is 43.4 Å². The van der Waals surface area contributed by atoms with E-state index in [9.17, 15) is 9.90 Å². The zero-order valence-corrected chi connectivity index (χ0v) is 14.5. The molecule has 2 heterocycles. The van der Waals surface area contributed by atoms with Crippen molar-refractivity contribution in [2.24, 2.45) is 0 Å². The fraction of sp³-hybridized carbons (Fsp3) is 0.389. The lowest BCUT2D eigenvalue weighted by atomic mass is 10.0. The molecule has 0 bridgehead atoms. The fourth-order valence-corrected chi connectivity index (χ4v) is 2.86. The number of nitrogen functional groups attached to an aromatic ring is 1. The van der Waals surface area contributed by atoms with Crippen LogP contribution in [0.1, 0.15) is 24.2 Å². The van der Waals surface area contributed by atoms with Crippen molar-refractivity contribution in [2.75, 3.05) is 36.8 Å². The van der Waals surface area contributed by atoms with Gasteiger partial charge < -0.3 is 20.6 Å². The molecule has 132 valence electrons. The van der Waals surface area contributed by atoms with Crippen LogP contribution >= 0.6 is 0 Å². The summed E-state index contributed by atoms with van der Waals surface area (Å²) in [7, 11) is 0. The highest BCUT2D eigenvalue weighted by molar-refractivity contribution is 5.96. The standard InChI is InChI=1S/C18H23N5O2/c1-3-22(4-2)18-20-15(9-16(19)21-18)12-6-5-7-13(8-12)17(25)23-10-14(24)11-23/h5-9,14,24H,3-4,10-11H2,1-2H3,(H2,19,20,21). The first-order chi connectivity index (χ1) is 12.0. The topological polar surface area (TPSA) is 95.6 Å². The van der Waals surface area contributed by atoms with E-state index in [1.807, 2.05) is 30.9 Å². The Morgan fingerprint density at radius 2 is 2.00 bits per heavy atom. The molecule has 0 aliphatic carbocycles. The van der Waals surface area contributed by atoms with Gasteiger partial charge in [0.25, 0.3) is 5.91 Å². The van der Waals surface area contributed by atoms with E-state index in [1.165, 1.54) is 0 Å². The number of carbonyl (C=O) groups excluding carboxylic acids is 1. The molecule has 7 nitrogen and oxygen atoms in total. The normalized spacial score (nSPS) is 14.3. The van der Waals surface area contributed by atoms with Gasteiger partial charge in [-0.05, 0) is 26.0 Å². The molecule has 0 atom stereocenters. The van der Waals surface area contributed by atoms with E-state index in [1.54, 1.807) is 23.1 Å². The van der Waals surface area contributed by atoms with Gasteiger partial charge in [-0.2, -0.15) is 4.98 Å². The molecular formula is C18H23N5O2. The van der Waals surface area contributed by atoms with E-state index >= 15 is 0 Å². The lowest BCUT2D eigenvalue weighted by molar-refractivity contribution is 0.00590. The minimum absolute atomic E-state index is 0.0851. The van der Waals surface area contributed by atoms with Crippen molar-refractivity contribution in [1.29, 1.82) is 0 Å². The molecule has 0 saturated carbocycles. The quantitative estimate of drug-likeness (QED) is 0.853. The number of aromatic nitrogens is 2. The third kappa shape index (κ3) is 3.56. The lowest BCUT2D eigenvalue weighted by Gasteiger charge is -2.35. The molecule has 1 amide bonds. The second-order valence-electron chi connectivity index (χ2n) is 6.10. The van der Waals surface area contributed by atoms with E-state index in [2.05, 4.69) is 9.97 Å². The predicted octanol–water partition coefficient (Wildman–Crippen LogP) is 1.39. The number of hydrogen-bond donors (Lipinski definition) is 2. The second kappa shape index (κ2) is 7.06. The fourth-order valence-electron chi connectivity index (χ4n) is 2.86. The molecule has 25 heavy (non-hydrogen) atoms. The van der Waals surface area contributed by atoms with Crippen LogP contribution < -0.4 is 10.6 Å². The molecule has 0 spiro atoms. The summed E-state index contributed by atoms with van der Waals surface area (Å²) in [6.45, 7) is 6.42. The van der Waals surface area contributed by atoms with Gasteiger partial charge in [-0.25, -0.2) is 4.98 Å². The Labute approximate surface area is 147 Å². The molecule has 1 aliphatic heterocycles. The summed E-state index contributed by atoms with van der Waals surface area (Å²) in [5, 5.41) is 9.38. The van der Waals surface area contributed by atoms with Gasteiger partial charge in [0.1, 0.15) is 5.82 Å². The highest BCUT2D eigenvalue weighted by Gasteiger charge is 2.29. The highest BCUT2D eigenvalue weighted by atomic mass is 16.3. The number of nitrogens with zero attached hydrogens (tertiary/aromatic N) is 4. The number of hydrogen-bond acceptors (Lipinski definition) is 6. The van der Waals surface area contributed by atoms with Crippen molar-refractivity contribution in [1.82, 2.24) is 14.9 Å². The first-order valence-electron chi connectivity index (χ1n) is 8.49. The molecule has 3 rings (SSSR count). The maximum Gasteiger partial charge on any atom is 0.254 e. The van der Waals surface area contributed by atoms with Crippen LogP contribution in [0.2, 0.25) is 0 Å². The number of benzene rings is 1. The number of nitrogens with two attached hydrogens (primary N) is 1. The van der Waals surface area contributed by atoms with Gasteiger partial charge in [0.2, 0.25) is 5.95 Å². The Hall–Kier alpha value is -2.67. The molecule has 3 N–H and O–H groups in total. The second-order valence-corrected chi connectivity index (χ2v) is 6.10. The Kier molecular flexibility index (Phi) is 4.85. The third-order valence-electron chi connectivity index (χ3n) is 4.34. The average molecular weight is 341 g/mol. The maximum absolute atomic E-state index is 12.4.